The van der Waals surface area contributed by atoms with Crippen molar-refractivity contribution in [3.63, 3.8) is 0 Å². The van der Waals surface area contributed by atoms with Crippen molar-refractivity contribution in [3.8, 4) is 0 Å². The minimum atomic E-state index is -1.46. The molecule has 2 heterocycles. The van der Waals surface area contributed by atoms with Gasteiger partial charge in [-0.25, -0.2) is 0 Å². The quantitative estimate of drug-likeness (QED) is 0.173. The highest BCUT2D eigenvalue weighted by atomic mass is 16.2. The number of hydrogen-bond donors (Lipinski definition) is 8. The average molecular weight is 697 g/mol. The fourth-order valence-corrected chi connectivity index (χ4v) is 5.84. The summed E-state index contributed by atoms with van der Waals surface area (Å²) < 4.78 is 0. The van der Waals surface area contributed by atoms with Gasteiger partial charge >= 0.3 is 0 Å². The van der Waals surface area contributed by atoms with Crippen LogP contribution < -0.4 is 37.6 Å². The number of aromatic nitrogens is 1. The molecule has 2 aromatic rings. The number of carbonyl (C=O) groups excluding carboxylic acids is 7. The summed E-state index contributed by atoms with van der Waals surface area (Å²) in [7, 11) is 0. The number of amides is 7. The van der Waals surface area contributed by atoms with Crippen LogP contribution in [0.2, 0.25) is 0 Å². The third kappa shape index (κ3) is 11.3. The molecule has 1 aromatic heterocycles. The van der Waals surface area contributed by atoms with Gasteiger partial charge in [-0.15, -0.1) is 0 Å². The Kier molecular flexibility index (Phi) is 14.3. The van der Waals surface area contributed by atoms with E-state index >= 15 is 0 Å². The maximum Gasteiger partial charge on any atom is 0.243 e. The number of hydrogen-bond acceptors (Lipinski definition) is 7. The molecule has 15 nitrogen and oxygen atoms in total. The van der Waals surface area contributed by atoms with Crippen molar-refractivity contribution in [1.82, 2.24) is 36.9 Å². The largest absolute Gasteiger partial charge is 0.370 e. The lowest BCUT2D eigenvalue weighted by molar-refractivity contribution is -0.137. The van der Waals surface area contributed by atoms with Gasteiger partial charge in [0.15, 0.2) is 0 Å². The summed E-state index contributed by atoms with van der Waals surface area (Å²) in [5.41, 5.74) is 6.94. The average Bonchev–Trinajstić information content (AvgIpc) is 3.45. The Labute approximate surface area is 292 Å². The smallest absolute Gasteiger partial charge is 0.243 e. The Hall–Kier alpha value is -4.95. The zero-order valence-corrected chi connectivity index (χ0v) is 29.7. The molecule has 1 aliphatic heterocycles. The second-order valence-corrected chi connectivity index (χ2v) is 13.9. The van der Waals surface area contributed by atoms with Crippen LogP contribution in [0, 0.1) is 17.8 Å². The van der Waals surface area contributed by atoms with Gasteiger partial charge < -0.3 is 42.6 Å². The number of H-pyrrole nitrogens is 1. The zero-order valence-electron chi connectivity index (χ0n) is 29.7. The van der Waals surface area contributed by atoms with Gasteiger partial charge in [0.25, 0.3) is 0 Å². The first-order valence-corrected chi connectivity index (χ1v) is 17.2. The minimum Gasteiger partial charge on any atom is -0.370 e. The Bertz CT molecular complexity index is 1550. The van der Waals surface area contributed by atoms with Gasteiger partial charge in [-0.3, -0.25) is 33.6 Å². The molecule has 9 N–H and O–H groups in total. The van der Waals surface area contributed by atoms with E-state index < -0.39 is 90.4 Å². The highest BCUT2D eigenvalue weighted by Gasteiger charge is 2.35. The summed E-state index contributed by atoms with van der Waals surface area (Å²) in [5.74, 6) is -5.55. The van der Waals surface area contributed by atoms with E-state index in [-0.39, 0.29) is 31.1 Å². The van der Waals surface area contributed by atoms with Crippen molar-refractivity contribution in [2.24, 2.45) is 23.5 Å². The van der Waals surface area contributed by atoms with Crippen LogP contribution in [0.5, 0.6) is 0 Å². The number of aromatic amines is 1. The predicted octanol–water partition coefficient (Wildman–Crippen LogP) is 0.278. The first-order valence-electron chi connectivity index (χ1n) is 17.2. The van der Waals surface area contributed by atoms with Crippen molar-refractivity contribution in [3.05, 3.63) is 36.0 Å². The molecule has 1 aliphatic rings. The van der Waals surface area contributed by atoms with E-state index in [1.165, 1.54) is 0 Å². The van der Waals surface area contributed by atoms with E-state index in [1.807, 2.05) is 58.9 Å². The number of fused-ring (bicyclic) bond motifs is 1. The van der Waals surface area contributed by atoms with Crippen molar-refractivity contribution in [2.75, 3.05) is 6.54 Å². The van der Waals surface area contributed by atoms with Gasteiger partial charge in [0, 0.05) is 23.5 Å². The predicted molar refractivity (Wildman–Crippen MR) is 187 cm³/mol. The van der Waals surface area contributed by atoms with Gasteiger partial charge in [0.2, 0.25) is 41.4 Å². The topological polar surface area (TPSA) is 233 Å². The third-order valence-corrected chi connectivity index (χ3v) is 8.69. The fourth-order valence-electron chi connectivity index (χ4n) is 5.84. The Morgan fingerprint density at radius 3 is 1.88 bits per heavy atom. The normalized spacial score (nSPS) is 24.0. The van der Waals surface area contributed by atoms with Crippen molar-refractivity contribution < 1.29 is 33.6 Å². The van der Waals surface area contributed by atoms with Crippen LogP contribution in [0.1, 0.15) is 72.8 Å². The van der Waals surface area contributed by atoms with Crippen molar-refractivity contribution in [2.45, 2.75) is 104 Å². The summed E-state index contributed by atoms with van der Waals surface area (Å²) in [5, 5.41) is 16.7. The molecule has 15 heteroatoms. The van der Waals surface area contributed by atoms with E-state index in [0.717, 1.165) is 16.5 Å². The number of para-hydroxylation sites is 1. The van der Waals surface area contributed by atoms with Crippen LogP contribution in [0.4, 0.5) is 0 Å². The van der Waals surface area contributed by atoms with Crippen molar-refractivity contribution in [1.29, 1.82) is 0 Å². The molecule has 0 saturated carbocycles. The molecular weight excluding hydrogens is 644 g/mol. The van der Waals surface area contributed by atoms with E-state index in [2.05, 4.69) is 36.9 Å². The van der Waals surface area contributed by atoms with E-state index in [0.29, 0.717) is 6.42 Å². The van der Waals surface area contributed by atoms with Gasteiger partial charge in [0.05, 0.1) is 13.0 Å². The number of nitrogens with one attached hydrogen (secondary N) is 7. The molecule has 7 amide bonds. The highest BCUT2D eigenvalue weighted by molar-refractivity contribution is 5.99. The summed E-state index contributed by atoms with van der Waals surface area (Å²) in [6, 6.07) is 1.55. The second-order valence-electron chi connectivity index (χ2n) is 13.9. The summed E-state index contributed by atoms with van der Waals surface area (Å²) >= 11 is 0. The van der Waals surface area contributed by atoms with Crippen LogP contribution in [0.15, 0.2) is 30.5 Å². The standard InChI is InChI=1S/C35H52N8O7/c1-7-20(6)30-35(50)42-27(15-28(36)44)31(46)38-17-29(45)39-26(14-21-16-37-23-11-9-8-10-22(21)23)33(48)40-24(12-18(2)3)32(47)41-25(13-19(4)5)34(49)43-30/h8-11,16,18-20,24-27,30,37H,7,12-15,17H2,1-6H3,(H2,36,44)(H,38,46)(H,39,45)(H,40,48)(H,41,47)(H,42,50)(H,43,49)/t20-,24+,25-,26+,27+,30+/m0/s1. The van der Waals surface area contributed by atoms with Crippen LogP contribution in [-0.2, 0) is 40.0 Å². The minimum absolute atomic E-state index is 0.0371. The lowest BCUT2D eigenvalue weighted by Gasteiger charge is -2.30. The van der Waals surface area contributed by atoms with E-state index in [1.54, 1.807) is 13.1 Å². The lowest BCUT2D eigenvalue weighted by Crippen LogP contribution is -2.61. The highest BCUT2D eigenvalue weighted by Crippen LogP contribution is 2.20. The first-order chi connectivity index (χ1) is 23.6. The number of rotatable bonds is 10. The van der Waals surface area contributed by atoms with E-state index in [9.17, 15) is 33.6 Å². The summed E-state index contributed by atoms with van der Waals surface area (Å²) in [6.45, 7) is 10.5. The van der Waals surface area contributed by atoms with Crippen LogP contribution in [-0.4, -0.2) is 83.1 Å². The molecule has 1 aromatic carbocycles. The number of benzene rings is 1. The second kappa shape index (κ2) is 18.2. The molecule has 0 spiro atoms. The van der Waals surface area contributed by atoms with Gasteiger partial charge in [0.1, 0.15) is 30.2 Å². The molecule has 3 rings (SSSR count). The van der Waals surface area contributed by atoms with Crippen LogP contribution in [0.25, 0.3) is 10.9 Å². The SMILES string of the molecule is CC[C@H](C)[C@H]1NC(=O)[C@H](CC(C)C)NC(=O)[C@@H](CC(C)C)NC(=O)[C@@H](Cc2c[nH]c3ccccc23)NC(=O)CNC(=O)[C@@H](CC(N)=O)NC1=O. The molecule has 6 atom stereocenters. The van der Waals surface area contributed by atoms with Gasteiger partial charge in [-0.2, -0.15) is 0 Å². The van der Waals surface area contributed by atoms with Crippen molar-refractivity contribution >= 4 is 52.3 Å². The molecule has 0 unspecified atom stereocenters. The third-order valence-electron chi connectivity index (χ3n) is 8.69. The zero-order chi connectivity index (χ0) is 37.1. The maximum atomic E-state index is 13.9. The molecule has 50 heavy (non-hydrogen) atoms. The van der Waals surface area contributed by atoms with E-state index in [4.69, 9.17) is 5.73 Å². The first kappa shape index (κ1) is 39.5. The molecule has 0 aliphatic carbocycles. The Morgan fingerprint density at radius 2 is 1.30 bits per heavy atom. The molecular formula is C35H52N8O7. The van der Waals surface area contributed by atoms with Gasteiger partial charge in [-0.1, -0.05) is 66.2 Å². The number of primary amides is 1. The van der Waals surface area contributed by atoms with Gasteiger partial charge in [-0.05, 0) is 42.2 Å². The monoisotopic (exact) mass is 696 g/mol. The van der Waals surface area contributed by atoms with Crippen LogP contribution in [0.3, 0.4) is 0 Å². The molecule has 0 bridgehead atoms. The Morgan fingerprint density at radius 1 is 0.740 bits per heavy atom. The fraction of sp³-hybridized carbons (Fsp3) is 0.571. The molecule has 274 valence electrons. The number of nitrogens with two attached hydrogens (primary N) is 1. The van der Waals surface area contributed by atoms with Crippen LogP contribution >= 0.6 is 0 Å². The Balaban J connectivity index is 2.05. The molecule has 1 saturated heterocycles. The number of carbonyl (C=O) groups is 7. The summed E-state index contributed by atoms with van der Waals surface area (Å²) in [4.78, 5) is 96.6. The summed E-state index contributed by atoms with van der Waals surface area (Å²) in [6.07, 6.45) is 2.12. The lowest BCUT2D eigenvalue weighted by atomic mass is 9.95. The molecule has 0 radical (unpaired) electrons. The molecule has 1 fully saturated rings. The maximum absolute atomic E-state index is 13.9.